The van der Waals surface area contributed by atoms with Gasteiger partial charge in [-0.3, -0.25) is 0 Å². The minimum atomic E-state index is -5.39. The third-order valence-corrected chi connectivity index (χ3v) is 0. The molecule has 0 aromatic rings. The van der Waals surface area contributed by atoms with Gasteiger partial charge in [0.1, 0.15) is 0 Å². The van der Waals surface area contributed by atoms with E-state index in [9.17, 15) is 0 Å². The summed E-state index contributed by atoms with van der Waals surface area (Å²) in [5, 5.41) is 0. The van der Waals surface area contributed by atoms with Crippen LogP contribution in [0.1, 0.15) is 0 Å². The van der Waals surface area contributed by atoms with Crippen molar-refractivity contribution in [2.24, 2.45) is 0 Å². The smallest absolute Gasteiger partial charge is 0.822 e. The SMILES string of the molecule is O=P([O-])([O-])[O-].[Ga+3].[Li+].[Zr+4]. The van der Waals surface area contributed by atoms with Gasteiger partial charge in [0.25, 0.3) is 0 Å². The summed E-state index contributed by atoms with van der Waals surface area (Å²) in [6, 6.07) is 0. The third kappa shape index (κ3) is 86.6. The van der Waals surface area contributed by atoms with E-state index < -0.39 is 7.82 Å². The second-order valence-electron chi connectivity index (χ2n) is 0.447. The van der Waals surface area contributed by atoms with Crippen LogP contribution in [0.5, 0.6) is 0 Å². The summed E-state index contributed by atoms with van der Waals surface area (Å²) < 4.78 is 8.55. The molecule has 0 N–H and O–H groups in total. The van der Waals surface area contributed by atoms with E-state index in [1.165, 1.54) is 0 Å². The van der Waals surface area contributed by atoms with Crippen molar-refractivity contribution in [2.45, 2.75) is 0 Å². The second kappa shape index (κ2) is 9.23. The average Bonchev–Trinajstić information content (AvgIpc) is 0.722. The largest absolute Gasteiger partial charge is 4.00 e. The molecule has 8 heavy (non-hydrogen) atoms. The summed E-state index contributed by atoms with van der Waals surface area (Å²) in [5.74, 6) is 0. The minimum Gasteiger partial charge on any atom is -0.822 e. The van der Waals surface area contributed by atoms with Crippen molar-refractivity contribution in [3.8, 4) is 0 Å². The van der Waals surface area contributed by atoms with E-state index in [4.69, 9.17) is 19.2 Å². The Balaban J connectivity index is -0.0000000267. The standard InChI is InChI=1S/Ga.Li.H3O4P.Zr/c;;1-5(2,3)4;/h;;(H3,1,2,3,4);/q+3;+1;;+4/p-3. The minimum absolute atomic E-state index is 0. The van der Waals surface area contributed by atoms with Crippen LogP contribution in [0.15, 0.2) is 0 Å². The first-order valence-electron chi connectivity index (χ1n) is 0.730. The molecule has 0 atom stereocenters. The molecule has 0 heterocycles. The van der Waals surface area contributed by atoms with Gasteiger partial charge in [-0.2, -0.15) is 7.82 Å². The Labute approximate surface area is 91.0 Å². The number of hydrogen-bond acceptors (Lipinski definition) is 4. The topological polar surface area (TPSA) is 86.2 Å². The molecule has 0 aromatic heterocycles. The van der Waals surface area contributed by atoms with Crippen LogP contribution in [-0.4, -0.2) is 19.8 Å². The molecule has 0 unspecified atom stereocenters. The Hall–Kier alpha value is 2.23. The van der Waals surface area contributed by atoms with Crippen LogP contribution < -0.4 is 33.5 Å². The molecule has 0 bridgehead atoms. The van der Waals surface area contributed by atoms with E-state index in [1.807, 2.05) is 0 Å². The quantitative estimate of drug-likeness (QED) is 0.321. The molecule has 8 heteroatoms. The van der Waals surface area contributed by atoms with Crippen LogP contribution >= 0.6 is 7.82 Å². The predicted octanol–water partition coefficient (Wildman–Crippen LogP) is -6.20. The van der Waals surface area contributed by atoms with E-state index in [-0.39, 0.29) is 64.9 Å². The van der Waals surface area contributed by atoms with Gasteiger partial charge >= 0.3 is 64.9 Å². The zero-order chi connectivity index (χ0) is 4.50. The molecule has 4 nitrogen and oxygen atoms in total. The number of rotatable bonds is 0. The predicted molar refractivity (Wildman–Crippen MR) is 13.4 cm³/mol. The van der Waals surface area contributed by atoms with E-state index in [0.29, 0.717) is 0 Å². The van der Waals surface area contributed by atoms with Gasteiger partial charge in [-0.05, 0) is 0 Å². The molecule has 0 aliphatic rings. The first-order chi connectivity index (χ1) is 2.00. The Morgan fingerprint density at radius 3 is 1.12 bits per heavy atom. The van der Waals surface area contributed by atoms with E-state index in [0.717, 1.165) is 0 Å². The van der Waals surface area contributed by atoms with Crippen LogP contribution in [0.2, 0.25) is 0 Å². The maximum Gasteiger partial charge on any atom is 4.00 e. The fourth-order valence-electron chi connectivity index (χ4n) is 0. The van der Waals surface area contributed by atoms with E-state index in [2.05, 4.69) is 0 Å². The Bertz CT molecular complexity index is 62.2. The van der Waals surface area contributed by atoms with Crippen LogP contribution in [-0.2, 0) is 30.8 Å². The van der Waals surface area contributed by atoms with Gasteiger partial charge in [0.15, 0.2) is 0 Å². The van der Waals surface area contributed by atoms with Gasteiger partial charge in [-0.1, -0.05) is 0 Å². The van der Waals surface area contributed by atoms with Crippen LogP contribution in [0.3, 0.4) is 0 Å². The molecule has 0 radical (unpaired) electrons. The fraction of sp³-hybridized carbons (Fsp3) is 0. The fourth-order valence-corrected chi connectivity index (χ4v) is 0. The molecular weight excluding hydrogens is 263 g/mol. The van der Waals surface area contributed by atoms with Crippen LogP contribution in [0.4, 0.5) is 0 Å². The maximum absolute atomic E-state index is 8.55. The van der Waals surface area contributed by atoms with Crippen LogP contribution in [0.25, 0.3) is 0 Å². The molecule has 0 aliphatic carbocycles. The summed E-state index contributed by atoms with van der Waals surface area (Å²) in [6.45, 7) is 0. The van der Waals surface area contributed by atoms with Gasteiger partial charge in [0.2, 0.25) is 0 Å². The van der Waals surface area contributed by atoms with Crippen LogP contribution in [0, 0.1) is 0 Å². The zero-order valence-corrected chi connectivity index (χ0v) is 9.93. The Morgan fingerprint density at radius 1 is 1.12 bits per heavy atom. The van der Waals surface area contributed by atoms with Gasteiger partial charge in [-0.15, -0.1) is 0 Å². The molecule has 0 aliphatic heterocycles. The normalized spacial score (nSPS) is 7.38. The van der Waals surface area contributed by atoms with Gasteiger partial charge in [-0.25, -0.2) is 0 Å². The summed E-state index contributed by atoms with van der Waals surface area (Å²) >= 11 is 0. The molecule has 0 rings (SSSR count). The molecule has 0 amide bonds. The molecule has 0 spiro atoms. The van der Waals surface area contributed by atoms with Crippen molar-refractivity contribution >= 4 is 27.6 Å². The van der Waals surface area contributed by atoms with Gasteiger partial charge in [0, 0.05) is 0 Å². The van der Waals surface area contributed by atoms with Crippen molar-refractivity contribution in [3.05, 3.63) is 0 Å². The number of hydrogen-bond donors (Lipinski definition) is 0. The van der Waals surface area contributed by atoms with E-state index in [1.54, 1.807) is 0 Å². The van der Waals surface area contributed by atoms with Crippen molar-refractivity contribution in [1.82, 2.24) is 0 Å². The van der Waals surface area contributed by atoms with Crippen molar-refractivity contribution in [2.75, 3.05) is 0 Å². The van der Waals surface area contributed by atoms with Crippen molar-refractivity contribution < 1.29 is 64.3 Å². The van der Waals surface area contributed by atoms with E-state index >= 15 is 0 Å². The average molecular weight is 263 g/mol. The molecule has 0 saturated carbocycles. The zero-order valence-electron chi connectivity index (χ0n) is 4.16. The summed E-state index contributed by atoms with van der Waals surface area (Å²) in [7, 11) is -5.39. The second-order valence-corrected chi connectivity index (χ2v) is 1.34. The van der Waals surface area contributed by atoms with Gasteiger partial charge < -0.3 is 19.2 Å². The Morgan fingerprint density at radius 2 is 1.12 bits per heavy atom. The summed E-state index contributed by atoms with van der Waals surface area (Å²) in [4.78, 5) is 25.6. The Kier molecular flexibility index (Phi) is 25.9. The maximum atomic E-state index is 8.55. The molecule has 0 fully saturated rings. The molecule has 0 saturated heterocycles. The summed E-state index contributed by atoms with van der Waals surface area (Å²) in [5.41, 5.74) is 0. The molecule has 0 aromatic carbocycles. The number of phosphoric acid groups is 1. The summed E-state index contributed by atoms with van der Waals surface area (Å²) in [6.07, 6.45) is 0. The van der Waals surface area contributed by atoms with Crippen molar-refractivity contribution in [3.63, 3.8) is 0 Å². The van der Waals surface area contributed by atoms with Gasteiger partial charge in [0.05, 0.1) is 0 Å². The first kappa shape index (κ1) is 22.5. The first-order valence-corrected chi connectivity index (χ1v) is 2.19. The third-order valence-electron chi connectivity index (χ3n) is 0. The van der Waals surface area contributed by atoms with Crippen molar-refractivity contribution in [1.29, 1.82) is 0 Å². The molecular formula is GaLiO4PZr+5. The monoisotopic (exact) mass is 261 g/mol. The molecule has 32 valence electrons.